The second-order valence-electron chi connectivity index (χ2n) is 8.76. The topological polar surface area (TPSA) is 116 Å². The highest BCUT2D eigenvalue weighted by molar-refractivity contribution is 7.90. The zero-order chi connectivity index (χ0) is 23.1. The fourth-order valence-corrected chi connectivity index (χ4v) is 5.25. The summed E-state index contributed by atoms with van der Waals surface area (Å²) in [5, 5.41) is 5.71. The maximum Gasteiger partial charge on any atom is 0.273 e. The minimum Gasteiger partial charge on any atom is -0.373 e. The lowest BCUT2D eigenvalue weighted by Gasteiger charge is -2.35. The molecule has 1 aromatic heterocycles. The predicted molar refractivity (Wildman–Crippen MR) is 118 cm³/mol. The number of nitrogens with zero attached hydrogens (tertiary/aromatic N) is 1. The molecule has 3 heterocycles. The largest absolute Gasteiger partial charge is 0.373 e. The lowest BCUT2D eigenvalue weighted by molar-refractivity contribution is -0.175. The minimum atomic E-state index is -3.95. The minimum absolute atomic E-state index is 0.0139. The van der Waals surface area contributed by atoms with Crippen LogP contribution in [-0.4, -0.2) is 62.1 Å². The van der Waals surface area contributed by atoms with Gasteiger partial charge in [-0.1, -0.05) is 0 Å². The highest BCUT2D eigenvalue weighted by Crippen LogP contribution is 2.30. The molecule has 172 valence electrons. The number of carbonyl (C=O) groups is 2. The van der Waals surface area contributed by atoms with Crippen molar-refractivity contribution in [2.75, 3.05) is 31.6 Å². The van der Waals surface area contributed by atoms with Gasteiger partial charge in [-0.3, -0.25) is 9.59 Å². The van der Waals surface area contributed by atoms with Gasteiger partial charge in [0, 0.05) is 11.8 Å². The van der Waals surface area contributed by atoms with E-state index in [1.165, 1.54) is 30.5 Å². The second kappa shape index (κ2) is 8.43. The number of Topliss-reactive ketones (excluding diaryl/α,β-unsaturated/α-hetero) is 1. The molecule has 2 aliphatic rings. The molecule has 32 heavy (non-hydrogen) atoms. The zero-order valence-corrected chi connectivity index (χ0v) is 19.1. The van der Waals surface area contributed by atoms with Gasteiger partial charge < -0.3 is 20.1 Å². The molecular weight excluding hydrogens is 434 g/mol. The maximum atomic E-state index is 13.0. The normalized spacial score (nSPS) is 21.2. The summed E-state index contributed by atoms with van der Waals surface area (Å²) >= 11 is 0. The van der Waals surface area contributed by atoms with Crippen LogP contribution >= 0.6 is 0 Å². The summed E-state index contributed by atoms with van der Waals surface area (Å²) in [7, 11) is -3.95. The molecule has 0 unspecified atom stereocenters. The highest BCUT2D eigenvalue weighted by atomic mass is 32.2. The van der Waals surface area contributed by atoms with Crippen molar-refractivity contribution in [2.45, 2.75) is 43.8 Å². The lowest BCUT2D eigenvalue weighted by atomic mass is 10.1. The summed E-state index contributed by atoms with van der Waals surface area (Å²) in [6.45, 7) is 7.38. The molecule has 1 saturated heterocycles. The third-order valence-electron chi connectivity index (χ3n) is 5.50. The van der Waals surface area contributed by atoms with E-state index in [-0.39, 0.29) is 40.3 Å². The molecule has 10 heteroatoms. The van der Waals surface area contributed by atoms with Gasteiger partial charge in [0.2, 0.25) is 0 Å². The van der Waals surface area contributed by atoms with E-state index in [9.17, 15) is 18.0 Å². The second-order valence-corrected chi connectivity index (χ2v) is 10.5. The van der Waals surface area contributed by atoms with Crippen molar-refractivity contribution >= 4 is 27.4 Å². The first-order valence-corrected chi connectivity index (χ1v) is 11.9. The van der Waals surface area contributed by atoms with Crippen LogP contribution in [0.15, 0.2) is 35.4 Å². The lowest BCUT2D eigenvalue weighted by Crippen LogP contribution is -2.43. The number of carbonyl (C=O) groups excluding carboxylic acids is 2. The number of hydrogen-bond acceptors (Lipinski definition) is 7. The summed E-state index contributed by atoms with van der Waals surface area (Å²) in [5.41, 5.74) is 0.834. The van der Waals surface area contributed by atoms with Crippen LogP contribution < -0.4 is 10.6 Å². The molecule has 1 aromatic carbocycles. The Morgan fingerprint density at radius 2 is 2.09 bits per heavy atom. The number of hydrogen-bond donors (Lipinski definition) is 2. The molecule has 9 nitrogen and oxygen atoms in total. The van der Waals surface area contributed by atoms with E-state index in [0.29, 0.717) is 37.3 Å². The van der Waals surface area contributed by atoms with Gasteiger partial charge in [-0.2, -0.15) is 0 Å². The van der Waals surface area contributed by atoms with E-state index < -0.39 is 15.9 Å². The number of aromatic nitrogens is 1. The molecule has 0 radical (unpaired) electrons. The molecule has 1 fully saturated rings. The van der Waals surface area contributed by atoms with Gasteiger partial charge in [0.1, 0.15) is 10.6 Å². The van der Waals surface area contributed by atoms with Gasteiger partial charge in [-0.25, -0.2) is 12.4 Å². The Hall–Kier alpha value is -2.53. The first-order chi connectivity index (χ1) is 15.1. The number of rotatable bonds is 6. The number of amides is 1. The smallest absolute Gasteiger partial charge is 0.273 e. The molecule has 1 amide bonds. The average Bonchev–Trinajstić information content (AvgIpc) is 3.12. The molecule has 4 rings (SSSR count). The molecule has 1 atom stereocenters. The van der Waals surface area contributed by atoms with Crippen LogP contribution in [0, 0.1) is 6.92 Å². The van der Waals surface area contributed by atoms with Gasteiger partial charge in [0.05, 0.1) is 37.2 Å². The van der Waals surface area contributed by atoms with Crippen LogP contribution in [0.4, 0.5) is 5.69 Å². The molecule has 2 aliphatic heterocycles. The van der Waals surface area contributed by atoms with Gasteiger partial charge in [-0.15, -0.1) is 0 Å². The maximum absolute atomic E-state index is 13.0. The van der Waals surface area contributed by atoms with E-state index in [1.807, 2.05) is 13.8 Å². The van der Waals surface area contributed by atoms with Crippen LogP contribution in [0.25, 0.3) is 0 Å². The van der Waals surface area contributed by atoms with Crippen LogP contribution in [0.2, 0.25) is 0 Å². The summed E-state index contributed by atoms with van der Waals surface area (Å²) in [6, 6.07) is 5.75. The fourth-order valence-electron chi connectivity index (χ4n) is 3.71. The third kappa shape index (κ3) is 4.49. The predicted octanol–water partition coefficient (Wildman–Crippen LogP) is 1.96. The van der Waals surface area contributed by atoms with Crippen LogP contribution in [-0.2, 0) is 19.5 Å². The summed E-state index contributed by atoms with van der Waals surface area (Å²) < 4.78 is 38.5. The van der Waals surface area contributed by atoms with Crippen molar-refractivity contribution in [3.05, 3.63) is 47.3 Å². The number of aryl methyl sites for hydroxylation is 1. The van der Waals surface area contributed by atoms with E-state index >= 15 is 0 Å². The first kappa shape index (κ1) is 22.7. The number of nitrogens with one attached hydrogen (secondary N) is 2. The van der Waals surface area contributed by atoms with Gasteiger partial charge in [-0.05, 0) is 63.6 Å². The number of fused-ring (bicyclic) bond motifs is 2. The Balaban J connectivity index is 1.40. The standard InChI is InChI=1S/C22H27N3O6S/c1-14-8-18-21(27)24-17-9-15(4-5-20(17)32(28,29)25(18)11-14)19(26)10-23-7-6-16-12-31-22(2,3)13-30-16/h4-5,8-9,11,16,23H,6-7,10,12-13H2,1-3H3,(H,24,27)/t16-/m1/s1. The van der Waals surface area contributed by atoms with E-state index in [2.05, 4.69) is 10.6 Å². The molecule has 2 aromatic rings. The Morgan fingerprint density at radius 1 is 1.31 bits per heavy atom. The quantitative estimate of drug-likeness (QED) is 0.499. The zero-order valence-electron chi connectivity index (χ0n) is 18.3. The van der Waals surface area contributed by atoms with Crippen molar-refractivity contribution in [3.8, 4) is 0 Å². The van der Waals surface area contributed by atoms with Crippen molar-refractivity contribution in [2.24, 2.45) is 0 Å². The third-order valence-corrected chi connectivity index (χ3v) is 7.23. The number of benzene rings is 1. The molecule has 0 spiro atoms. The Labute approximate surface area is 187 Å². The number of anilines is 1. The number of ether oxygens (including phenoxy) is 2. The SMILES string of the molecule is Cc1cc2n(c1)S(=O)(=O)c1ccc(C(=O)CNCC[C@@H]3COC(C)(C)CO3)cc1NC2=O. The van der Waals surface area contributed by atoms with Crippen molar-refractivity contribution in [1.29, 1.82) is 0 Å². The van der Waals surface area contributed by atoms with E-state index in [4.69, 9.17) is 9.47 Å². The summed E-state index contributed by atoms with van der Waals surface area (Å²) in [6.07, 6.45) is 2.10. The molecule has 2 N–H and O–H groups in total. The van der Waals surface area contributed by atoms with E-state index in [0.717, 1.165) is 3.97 Å². The molecule has 0 aliphatic carbocycles. The molecule has 0 bridgehead atoms. The van der Waals surface area contributed by atoms with Crippen molar-refractivity contribution < 1.29 is 27.5 Å². The molecule has 0 saturated carbocycles. The first-order valence-electron chi connectivity index (χ1n) is 10.5. The Kier molecular flexibility index (Phi) is 5.97. The molecular formula is C22H27N3O6S. The van der Waals surface area contributed by atoms with Crippen LogP contribution in [0.3, 0.4) is 0 Å². The van der Waals surface area contributed by atoms with Gasteiger partial charge in [0.25, 0.3) is 15.9 Å². The van der Waals surface area contributed by atoms with Crippen molar-refractivity contribution in [3.63, 3.8) is 0 Å². The van der Waals surface area contributed by atoms with Crippen LogP contribution in [0.5, 0.6) is 0 Å². The van der Waals surface area contributed by atoms with Gasteiger partial charge in [0.15, 0.2) is 5.78 Å². The summed E-state index contributed by atoms with van der Waals surface area (Å²) in [4.78, 5) is 25.1. The van der Waals surface area contributed by atoms with Crippen molar-refractivity contribution in [1.82, 2.24) is 9.29 Å². The fraction of sp³-hybridized carbons (Fsp3) is 0.455. The Bertz CT molecular complexity index is 1160. The van der Waals surface area contributed by atoms with Crippen LogP contribution in [0.1, 0.15) is 46.7 Å². The summed E-state index contributed by atoms with van der Waals surface area (Å²) in [5.74, 6) is -0.748. The van der Waals surface area contributed by atoms with Gasteiger partial charge >= 0.3 is 0 Å². The Morgan fingerprint density at radius 3 is 2.81 bits per heavy atom. The average molecular weight is 462 g/mol. The number of ketones is 1. The monoisotopic (exact) mass is 461 g/mol. The van der Waals surface area contributed by atoms with E-state index in [1.54, 1.807) is 6.92 Å². The highest BCUT2D eigenvalue weighted by Gasteiger charge is 2.31.